The van der Waals surface area contributed by atoms with Crippen molar-refractivity contribution in [2.24, 2.45) is 5.92 Å². The van der Waals surface area contributed by atoms with Crippen molar-refractivity contribution in [3.05, 3.63) is 53.5 Å². The first-order valence-corrected chi connectivity index (χ1v) is 7.55. The quantitative estimate of drug-likeness (QED) is 0.867. The van der Waals surface area contributed by atoms with Crippen LogP contribution in [0.3, 0.4) is 0 Å². The van der Waals surface area contributed by atoms with Gasteiger partial charge in [0.15, 0.2) is 0 Å². The maximum Gasteiger partial charge on any atom is 0.339 e. The number of esters is 1. The number of aromatic nitrogens is 1. The van der Waals surface area contributed by atoms with Gasteiger partial charge in [-0.3, -0.25) is 4.98 Å². The number of carbonyl (C=O) groups is 1. The molecular formula is C17H20N2O2. The fraction of sp³-hybridized carbons (Fsp3) is 0.412. The molecule has 4 nitrogen and oxygen atoms in total. The lowest BCUT2D eigenvalue weighted by Gasteiger charge is -2.36. The van der Waals surface area contributed by atoms with Crippen LogP contribution in [0.4, 0.5) is 0 Å². The van der Waals surface area contributed by atoms with Gasteiger partial charge < -0.3 is 10.1 Å². The number of carbonyl (C=O) groups excluding carboxylic acids is 1. The molecule has 1 aliphatic carbocycles. The SMILES string of the molecule is CCOC(=O)C1=CNC(c2cccnc2)C2CCCC=C12. The van der Waals surface area contributed by atoms with E-state index in [1.165, 1.54) is 0 Å². The highest BCUT2D eigenvalue weighted by Crippen LogP contribution is 2.41. The van der Waals surface area contributed by atoms with Crippen LogP contribution in [0.5, 0.6) is 0 Å². The van der Waals surface area contributed by atoms with Crippen LogP contribution in [0.1, 0.15) is 37.8 Å². The first-order chi connectivity index (χ1) is 10.3. The summed E-state index contributed by atoms with van der Waals surface area (Å²) in [7, 11) is 0. The fourth-order valence-corrected chi connectivity index (χ4v) is 3.20. The van der Waals surface area contributed by atoms with E-state index in [1.807, 2.05) is 25.4 Å². The number of nitrogens with zero attached hydrogens (tertiary/aromatic N) is 1. The lowest BCUT2D eigenvalue weighted by atomic mass is 9.75. The summed E-state index contributed by atoms with van der Waals surface area (Å²) in [6.45, 7) is 2.24. The Morgan fingerprint density at radius 3 is 3.19 bits per heavy atom. The molecule has 0 amide bonds. The van der Waals surface area contributed by atoms with E-state index in [-0.39, 0.29) is 12.0 Å². The largest absolute Gasteiger partial charge is 0.462 e. The molecule has 2 unspecified atom stereocenters. The van der Waals surface area contributed by atoms with Crippen LogP contribution in [0.2, 0.25) is 0 Å². The van der Waals surface area contributed by atoms with Crippen LogP contribution in [0.15, 0.2) is 47.9 Å². The zero-order valence-corrected chi connectivity index (χ0v) is 12.2. The van der Waals surface area contributed by atoms with Gasteiger partial charge in [-0.2, -0.15) is 0 Å². The van der Waals surface area contributed by atoms with Crippen LogP contribution in [-0.2, 0) is 9.53 Å². The molecule has 2 atom stereocenters. The van der Waals surface area contributed by atoms with E-state index in [0.717, 1.165) is 30.4 Å². The Kier molecular flexibility index (Phi) is 4.04. The summed E-state index contributed by atoms with van der Waals surface area (Å²) in [6, 6.07) is 4.22. The van der Waals surface area contributed by atoms with Crippen molar-refractivity contribution in [2.75, 3.05) is 6.61 Å². The van der Waals surface area contributed by atoms with Gasteiger partial charge in [0.1, 0.15) is 0 Å². The predicted molar refractivity (Wildman–Crippen MR) is 80.3 cm³/mol. The molecule has 0 fully saturated rings. The number of allylic oxidation sites excluding steroid dienone is 1. The Bertz CT molecular complexity index is 578. The van der Waals surface area contributed by atoms with Gasteiger partial charge in [-0.1, -0.05) is 12.1 Å². The summed E-state index contributed by atoms with van der Waals surface area (Å²) in [4.78, 5) is 16.3. The van der Waals surface area contributed by atoms with Crippen LogP contribution < -0.4 is 5.32 Å². The smallest absolute Gasteiger partial charge is 0.339 e. The van der Waals surface area contributed by atoms with Crippen molar-refractivity contribution in [1.82, 2.24) is 10.3 Å². The van der Waals surface area contributed by atoms with E-state index in [9.17, 15) is 4.79 Å². The molecule has 1 aliphatic heterocycles. The second-order valence-electron chi connectivity index (χ2n) is 5.41. The standard InChI is InChI=1S/C17H20N2O2/c1-2-21-17(20)15-11-19-16(12-6-5-9-18-10-12)14-8-4-3-7-13(14)15/h5-7,9-11,14,16,19H,2-4,8H2,1H3. The topological polar surface area (TPSA) is 51.2 Å². The van der Waals surface area contributed by atoms with Crippen molar-refractivity contribution < 1.29 is 9.53 Å². The molecule has 1 N–H and O–H groups in total. The number of hydrogen-bond donors (Lipinski definition) is 1. The number of nitrogens with one attached hydrogen (secondary N) is 1. The number of fused-ring (bicyclic) bond motifs is 1. The minimum Gasteiger partial charge on any atom is -0.462 e. The molecule has 110 valence electrons. The van der Waals surface area contributed by atoms with Crippen LogP contribution in [0, 0.1) is 5.92 Å². The third kappa shape index (κ3) is 2.71. The van der Waals surface area contributed by atoms with E-state index in [0.29, 0.717) is 18.1 Å². The molecule has 0 spiro atoms. The van der Waals surface area contributed by atoms with Crippen LogP contribution in [0.25, 0.3) is 0 Å². The third-order valence-corrected chi connectivity index (χ3v) is 4.14. The van der Waals surface area contributed by atoms with Gasteiger partial charge in [0.25, 0.3) is 0 Å². The van der Waals surface area contributed by atoms with Gasteiger partial charge in [-0.25, -0.2) is 4.79 Å². The molecule has 4 heteroatoms. The number of ether oxygens (including phenoxy) is 1. The molecule has 21 heavy (non-hydrogen) atoms. The molecule has 0 saturated carbocycles. The second kappa shape index (κ2) is 6.12. The molecule has 2 heterocycles. The van der Waals surface area contributed by atoms with E-state index in [4.69, 9.17) is 4.74 Å². The summed E-state index contributed by atoms with van der Waals surface area (Å²) in [6.07, 6.45) is 10.9. The molecule has 0 bridgehead atoms. The van der Waals surface area contributed by atoms with Crippen molar-refractivity contribution in [3.8, 4) is 0 Å². The fourth-order valence-electron chi connectivity index (χ4n) is 3.20. The molecular weight excluding hydrogens is 264 g/mol. The van der Waals surface area contributed by atoms with Gasteiger partial charge in [0, 0.05) is 24.5 Å². The Hall–Kier alpha value is -2.10. The average Bonchev–Trinajstić information content (AvgIpc) is 2.55. The first kappa shape index (κ1) is 13.9. The summed E-state index contributed by atoms with van der Waals surface area (Å²) in [5, 5.41) is 3.38. The molecule has 0 saturated heterocycles. The van der Waals surface area contributed by atoms with E-state index < -0.39 is 0 Å². The zero-order valence-electron chi connectivity index (χ0n) is 12.2. The van der Waals surface area contributed by atoms with Crippen LogP contribution in [-0.4, -0.2) is 17.6 Å². The van der Waals surface area contributed by atoms with Crippen molar-refractivity contribution >= 4 is 5.97 Å². The van der Waals surface area contributed by atoms with Gasteiger partial charge in [-0.15, -0.1) is 0 Å². The maximum atomic E-state index is 12.1. The molecule has 0 aromatic carbocycles. The number of rotatable bonds is 3. The highest BCUT2D eigenvalue weighted by Gasteiger charge is 2.35. The Labute approximate surface area is 124 Å². The van der Waals surface area contributed by atoms with E-state index in [2.05, 4.69) is 22.4 Å². The van der Waals surface area contributed by atoms with Gasteiger partial charge in [-0.05, 0) is 43.4 Å². The van der Waals surface area contributed by atoms with Crippen molar-refractivity contribution in [3.63, 3.8) is 0 Å². The number of pyridine rings is 1. The predicted octanol–water partition coefficient (Wildman–Crippen LogP) is 2.90. The molecule has 1 aromatic heterocycles. The average molecular weight is 284 g/mol. The Balaban J connectivity index is 1.93. The maximum absolute atomic E-state index is 12.1. The highest BCUT2D eigenvalue weighted by molar-refractivity contribution is 5.94. The first-order valence-electron chi connectivity index (χ1n) is 7.55. The summed E-state index contributed by atoms with van der Waals surface area (Å²) in [5.41, 5.74) is 2.98. The Morgan fingerprint density at radius 2 is 2.43 bits per heavy atom. The molecule has 3 rings (SSSR count). The monoisotopic (exact) mass is 284 g/mol. The summed E-state index contributed by atoms with van der Waals surface area (Å²) in [5.74, 6) is 0.0835. The normalized spacial score (nSPS) is 24.2. The molecule has 1 aromatic rings. The highest BCUT2D eigenvalue weighted by atomic mass is 16.5. The minimum absolute atomic E-state index is 0.184. The van der Waals surface area contributed by atoms with Gasteiger partial charge >= 0.3 is 5.97 Å². The Morgan fingerprint density at radius 1 is 1.52 bits per heavy atom. The van der Waals surface area contributed by atoms with Crippen molar-refractivity contribution in [1.29, 1.82) is 0 Å². The zero-order chi connectivity index (χ0) is 14.7. The third-order valence-electron chi connectivity index (χ3n) is 4.14. The summed E-state index contributed by atoms with van der Waals surface area (Å²) < 4.78 is 5.17. The number of hydrogen-bond acceptors (Lipinski definition) is 4. The minimum atomic E-state index is -0.229. The van der Waals surface area contributed by atoms with Crippen molar-refractivity contribution in [2.45, 2.75) is 32.2 Å². The van der Waals surface area contributed by atoms with E-state index >= 15 is 0 Å². The second-order valence-corrected chi connectivity index (χ2v) is 5.41. The lowest BCUT2D eigenvalue weighted by molar-refractivity contribution is -0.138. The molecule has 0 radical (unpaired) electrons. The summed E-state index contributed by atoms with van der Waals surface area (Å²) >= 11 is 0. The van der Waals surface area contributed by atoms with E-state index in [1.54, 1.807) is 6.20 Å². The lowest BCUT2D eigenvalue weighted by Crippen LogP contribution is -2.34. The van der Waals surface area contributed by atoms with Gasteiger partial charge in [0.2, 0.25) is 0 Å². The van der Waals surface area contributed by atoms with Crippen LogP contribution >= 0.6 is 0 Å². The van der Waals surface area contributed by atoms with Gasteiger partial charge in [0.05, 0.1) is 18.2 Å². The molecule has 2 aliphatic rings.